The van der Waals surface area contributed by atoms with Gasteiger partial charge in [0.15, 0.2) is 0 Å². The zero-order chi connectivity index (χ0) is 11.5. The van der Waals surface area contributed by atoms with Gasteiger partial charge in [0.25, 0.3) is 0 Å². The van der Waals surface area contributed by atoms with Crippen LogP contribution in [0.3, 0.4) is 0 Å². The quantitative estimate of drug-likeness (QED) is 0.920. The van der Waals surface area contributed by atoms with Gasteiger partial charge in [0.05, 0.1) is 22.4 Å². The summed E-state index contributed by atoms with van der Waals surface area (Å²) >= 11 is 8.84. The fourth-order valence-electron chi connectivity index (χ4n) is 1.47. The molecule has 1 N–H and O–H groups in total. The first-order chi connectivity index (χ1) is 7.70. The predicted molar refractivity (Wildman–Crippen MR) is 68.9 cm³/mol. The highest BCUT2D eigenvalue weighted by Gasteiger charge is 2.16. The Hall–Kier alpha value is -0.550. The van der Waals surface area contributed by atoms with Gasteiger partial charge in [0.1, 0.15) is 5.75 Å². The minimum Gasteiger partial charge on any atom is -0.495 e. The van der Waals surface area contributed by atoms with Crippen LogP contribution in [-0.2, 0) is 6.42 Å². The van der Waals surface area contributed by atoms with E-state index in [1.165, 1.54) is 22.7 Å². The van der Waals surface area contributed by atoms with E-state index in [0.29, 0.717) is 6.42 Å². The van der Waals surface area contributed by atoms with Crippen LogP contribution in [0.5, 0.6) is 5.75 Å². The Bertz CT molecular complexity index is 464. The van der Waals surface area contributed by atoms with Crippen molar-refractivity contribution in [3.8, 4) is 5.75 Å². The summed E-state index contributed by atoms with van der Waals surface area (Å²) in [6, 6.07) is 5.65. The molecule has 0 fully saturated rings. The van der Waals surface area contributed by atoms with Crippen molar-refractivity contribution in [1.29, 1.82) is 0 Å². The largest absolute Gasteiger partial charge is 0.495 e. The van der Waals surface area contributed by atoms with Crippen molar-refractivity contribution in [2.24, 2.45) is 0 Å². The van der Waals surface area contributed by atoms with E-state index in [1.54, 1.807) is 7.11 Å². The van der Waals surface area contributed by atoms with Crippen LogP contribution in [-0.4, -0.2) is 12.2 Å². The first-order valence-corrected chi connectivity index (χ1v) is 6.81. The minimum atomic E-state index is -0.523. The van der Waals surface area contributed by atoms with Crippen molar-refractivity contribution in [3.05, 3.63) is 37.7 Å². The molecule has 0 aromatic carbocycles. The summed E-state index contributed by atoms with van der Waals surface area (Å²) in [5.74, 6) is 0.750. The SMILES string of the molecule is COc1ccsc1C(O)Cc1ccc(Cl)s1. The molecule has 0 radical (unpaired) electrons. The molecule has 16 heavy (non-hydrogen) atoms. The van der Waals surface area contributed by atoms with E-state index in [4.69, 9.17) is 16.3 Å². The summed E-state index contributed by atoms with van der Waals surface area (Å²) in [4.78, 5) is 1.94. The van der Waals surface area contributed by atoms with Crippen molar-refractivity contribution in [1.82, 2.24) is 0 Å². The first kappa shape index (κ1) is 11.9. The average Bonchev–Trinajstić information content (AvgIpc) is 2.86. The molecule has 1 unspecified atom stereocenters. The number of hydrogen-bond donors (Lipinski definition) is 1. The summed E-state index contributed by atoms with van der Waals surface area (Å²) in [7, 11) is 1.61. The normalized spacial score (nSPS) is 12.7. The van der Waals surface area contributed by atoms with Crippen molar-refractivity contribution >= 4 is 34.3 Å². The molecule has 0 saturated heterocycles. The van der Waals surface area contributed by atoms with Gasteiger partial charge in [-0.25, -0.2) is 0 Å². The molecular weight excluding hydrogens is 264 g/mol. The molecule has 2 aromatic heterocycles. The van der Waals surface area contributed by atoms with Crippen LogP contribution in [0, 0.1) is 0 Å². The Morgan fingerprint density at radius 1 is 1.44 bits per heavy atom. The maximum Gasteiger partial charge on any atom is 0.135 e. The lowest BCUT2D eigenvalue weighted by molar-refractivity contribution is 0.179. The van der Waals surface area contributed by atoms with E-state index in [9.17, 15) is 5.11 Å². The molecule has 0 aliphatic carbocycles. The summed E-state index contributed by atoms with van der Waals surface area (Å²) in [5.41, 5.74) is 0. The van der Waals surface area contributed by atoms with Crippen LogP contribution in [0.2, 0.25) is 4.34 Å². The maximum absolute atomic E-state index is 10.1. The lowest BCUT2D eigenvalue weighted by Gasteiger charge is -2.09. The topological polar surface area (TPSA) is 29.5 Å². The van der Waals surface area contributed by atoms with E-state index in [-0.39, 0.29) is 0 Å². The van der Waals surface area contributed by atoms with Crippen LogP contribution < -0.4 is 4.74 Å². The smallest absolute Gasteiger partial charge is 0.135 e. The second-order valence-electron chi connectivity index (χ2n) is 3.28. The number of thiophene rings is 2. The van der Waals surface area contributed by atoms with Gasteiger partial charge in [-0.2, -0.15) is 0 Å². The molecule has 2 rings (SSSR count). The number of methoxy groups -OCH3 is 1. The van der Waals surface area contributed by atoms with Gasteiger partial charge in [-0.05, 0) is 23.6 Å². The molecule has 0 aliphatic heterocycles. The van der Waals surface area contributed by atoms with E-state index in [0.717, 1.165) is 19.8 Å². The Kier molecular flexibility index (Phi) is 3.86. The second-order valence-corrected chi connectivity index (χ2v) is 6.03. The Morgan fingerprint density at radius 3 is 2.88 bits per heavy atom. The van der Waals surface area contributed by atoms with Gasteiger partial charge in [0.2, 0.25) is 0 Å². The van der Waals surface area contributed by atoms with Gasteiger partial charge >= 0.3 is 0 Å². The highest BCUT2D eigenvalue weighted by molar-refractivity contribution is 7.16. The lowest BCUT2D eigenvalue weighted by Crippen LogP contribution is -1.99. The summed E-state index contributed by atoms with van der Waals surface area (Å²) in [6.07, 6.45) is 0.0542. The Morgan fingerprint density at radius 2 is 2.25 bits per heavy atom. The Labute approximate surface area is 107 Å². The second kappa shape index (κ2) is 5.19. The molecule has 2 heterocycles. The molecule has 5 heteroatoms. The van der Waals surface area contributed by atoms with E-state index < -0.39 is 6.10 Å². The van der Waals surface area contributed by atoms with Crippen molar-refractivity contribution in [2.75, 3.05) is 7.11 Å². The summed E-state index contributed by atoms with van der Waals surface area (Å²) < 4.78 is 5.93. The fourth-order valence-corrected chi connectivity index (χ4v) is 3.44. The van der Waals surface area contributed by atoms with Gasteiger partial charge < -0.3 is 9.84 Å². The molecular formula is C11H11ClO2S2. The number of hydrogen-bond acceptors (Lipinski definition) is 4. The summed E-state index contributed by atoms with van der Waals surface area (Å²) in [5, 5.41) is 12.0. The molecule has 0 spiro atoms. The zero-order valence-electron chi connectivity index (χ0n) is 8.64. The number of aliphatic hydroxyl groups excluding tert-OH is 1. The fraction of sp³-hybridized carbons (Fsp3) is 0.273. The molecule has 0 amide bonds. The van der Waals surface area contributed by atoms with Gasteiger partial charge in [-0.15, -0.1) is 22.7 Å². The van der Waals surface area contributed by atoms with Crippen LogP contribution in [0.1, 0.15) is 15.9 Å². The third-order valence-corrected chi connectivity index (χ3v) is 4.46. The van der Waals surface area contributed by atoms with Crippen molar-refractivity contribution < 1.29 is 9.84 Å². The average molecular weight is 275 g/mol. The van der Waals surface area contributed by atoms with E-state index >= 15 is 0 Å². The number of ether oxygens (including phenoxy) is 1. The van der Waals surface area contributed by atoms with Crippen LogP contribution in [0.4, 0.5) is 0 Å². The third-order valence-electron chi connectivity index (χ3n) is 2.20. The van der Waals surface area contributed by atoms with Crippen LogP contribution in [0.25, 0.3) is 0 Å². The molecule has 0 aliphatic rings. The van der Waals surface area contributed by atoms with Gasteiger partial charge in [0, 0.05) is 11.3 Å². The molecule has 1 atom stereocenters. The van der Waals surface area contributed by atoms with Crippen LogP contribution in [0.15, 0.2) is 23.6 Å². The molecule has 0 saturated carbocycles. The number of halogens is 1. The van der Waals surface area contributed by atoms with Gasteiger partial charge in [-0.3, -0.25) is 0 Å². The third kappa shape index (κ3) is 2.58. The van der Waals surface area contributed by atoms with Crippen LogP contribution >= 0.6 is 34.3 Å². The highest BCUT2D eigenvalue weighted by Crippen LogP contribution is 2.34. The molecule has 2 nitrogen and oxygen atoms in total. The lowest BCUT2D eigenvalue weighted by atomic mass is 10.2. The standard InChI is InChI=1S/C11H11ClO2S2/c1-14-9-4-5-15-11(9)8(13)6-7-2-3-10(12)16-7/h2-5,8,13H,6H2,1H3. The first-order valence-electron chi connectivity index (χ1n) is 4.74. The van der Waals surface area contributed by atoms with Gasteiger partial charge in [-0.1, -0.05) is 11.6 Å². The molecule has 0 bridgehead atoms. The summed E-state index contributed by atoms with van der Waals surface area (Å²) in [6.45, 7) is 0. The zero-order valence-corrected chi connectivity index (χ0v) is 11.0. The monoisotopic (exact) mass is 274 g/mol. The predicted octanol–water partition coefficient (Wildman–Crippen LogP) is 3.75. The molecule has 2 aromatic rings. The van der Waals surface area contributed by atoms with E-state index in [1.807, 2.05) is 23.6 Å². The minimum absolute atomic E-state index is 0.523. The number of aliphatic hydroxyl groups is 1. The molecule has 86 valence electrons. The maximum atomic E-state index is 10.1. The highest BCUT2D eigenvalue weighted by atomic mass is 35.5. The van der Waals surface area contributed by atoms with Crippen molar-refractivity contribution in [3.63, 3.8) is 0 Å². The Balaban J connectivity index is 2.11. The van der Waals surface area contributed by atoms with E-state index in [2.05, 4.69) is 0 Å². The number of rotatable bonds is 4. The van der Waals surface area contributed by atoms with Crippen molar-refractivity contribution in [2.45, 2.75) is 12.5 Å².